The van der Waals surface area contributed by atoms with Crippen LogP contribution in [0.1, 0.15) is 71.3 Å². The van der Waals surface area contributed by atoms with Crippen LogP contribution in [0, 0.1) is 5.82 Å². The van der Waals surface area contributed by atoms with Crippen LogP contribution < -0.4 is 14.2 Å². The van der Waals surface area contributed by atoms with Gasteiger partial charge in [0.15, 0.2) is 22.5 Å². The minimum atomic E-state index is -1.79. The SMILES string of the molecule is C=C(NS(=O)c1cc(OC)c(OC)cc1-c1ccc(CN2C(=O)C3(CCCC3)N=C2CCCC)c(F)c1)/C(C)=C(/C)OC. The van der Waals surface area contributed by atoms with Crippen molar-refractivity contribution in [1.82, 2.24) is 9.62 Å². The fourth-order valence-electron chi connectivity index (χ4n) is 5.56. The molecular formula is C33H42FN3O5S. The molecular weight excluding hydrogens is 569 g/mol. The van der Waals surface area contributed by atoms with Crippen molar-refractivity contribution in [3.05, 3.63) is 65.3 Å². The number of halogens is 1. The summed E-state index contributed by atoms with van der Waals surface area (Å²) in [4.78, 5) is 20.5. The number of allylic oxidation sites excluding steroid dienone is 2. The van der Waals surface area contributed by atoms with Crippen molar-refractivity contribution in [2.75, 3.05) is 21.3 Å². The van der Waals surface area contributed by atoms with Gasteiger partial charge in [-0.2, -0.15) is 0 Å². The Bertz CT molecular complexity index is 1480. The van der Waals surface area contributed by atoms with Gasteiger partial charge in [-0.05, 0) is 50.8 Å². The highest BCUT2D eigenvalue weighted by Gasteiger charge is 2.49. The zero-order chi connectivity index (χ0) is 31.3. The second-order valence-electron chi connectivity index (χ2n) is 11.0. The van der Waals surface area contributed by atoms with Gasteiger partial charge >= 0.3 is 0 Å². The number of hydrogen-bond acceptors (Lipinski definition) is 6. The molecule has 43 heavy (non-hydrogen) atoms. The molecule has 4 rings (SSSR count). The monoisotopic (exact) mass is 611 g/mol. The Balaban J connectivity index is 1.68. The number of ether oxygens (including phenoxy) is 3. The van der Waals surface area contributed by atoms with Gasteiger partial charge in [0.2, 0.25) is 0 Å². The first-order chi connectivity index (χ1) is 20.6. The first-order valence-electron chi connectivity index (χ1n) is 14.6. The first-order valence-corrected chi connectivity index (χ1v) is 15.8. The quantitative estimate of drug-likeness (QED) is 0.198. The summed E-state index contributed by atoms with van der Waals surface area (Å²) in [6, 6.07) is 8.14. The summed E-state index contributed by atoms with van der Waals surface area (Å²) >= 11 is 0. The fourth-order valence-corrected chi connectivity index (χ4v) is 6.64. The third-order valence-corrected chi connectivity index (χ3v) is 9.53. The van der Waals surface area contributed by atoms with Crippen molar-refractivity contribution >= 4 is 22.7 Å². The molecule has 1 aliphatic carbocycles. The summed E-state index contributed by atoms with van der Waals surface area (Å²) in [5.74, 6) is 1.70. The average molecular weight is 612 g/mol. The zero-order valence-corrected chi connectivity index (χ0v) is 26.8. The summed E-state index contributed by atoms with van der Waals surface area (Å²) in [7, 11) is 2.77. The van der Waals surface area contributed by atoms with Crippen LogP contribution in [0.4, 0.5) is 4.39 Å². The number of benzene rings is 2. The van der Waals surface area contributed by atoms with Crippen molar-refractivity contribution in [3.63, 3.8) is 0 Å². The highest BCUT2D eigenvalue weighted by Crippen LogP contribution is 2.41. The largest absolute Gasteiger partial charge is 0.501 e. The molecule has 1 saturated carbocycles. The molecule has 0 saturated heterocycles. The Morgan fingerprint density at radius 3 is 2.40 bits per heavy atom. The molecule has 0 radical (unpaired) electrons. The number of carbonyl (C=O) groups excluding carboxylic acids is 1. The standard InChI is InChI=1S/C33H42FN3O5S/c1-8-9-12-31-35-33(15-10-11-16-33)32(38)37(31)20-25-14-13-24(17-27(25)34)26-18-28(41-6)29(42-7)19-30(26)43(39)36-22(3)21(2)23(4)40-5/h13-14,17-19,36H,3,8-12,15-16,20H2,1-2,4-7H3/b23-21-. The third kappa shape index (κ3) is 6.64. The van der Waals surface area contributed by atoms with Gasteiger partial charge in [0, 0.05) is 34.9 Å². The average Bonchev–Trinajstić information content (AvgIpc) is 3.59. The van der Waals surface area contributed by atoms with Crippen molar-refractivity contribution in [1.29, 1.82) is 0 Å². The molecule has 2 aliphatic rings. The maximum atomic E-state index is 15.8. The summed E-state index contributed by atoms with van der Waals surface area (Å²) in [5.41, 5.74) is 1.85. The number of nitrogens with zero attached hydrogens (tertiary/aromatic N) is 2. The number of aliphatic imine (C=N–C) groups is 1. The van der Waals surface area contributed by atoms with Crippen LogP contribution in [0.25, 0.3) is 11.1 Å². The van der Waals surface area contributed by atoms with E-state index >= 15 is 4.39 Å². The van der Waals surface area contributed by atoms with Gasteiger partial charge < -0.3 is 18.9 Å². The smallest absolute Gasteiger partial charge is 0.256 e. The van der Waals surface area contributed by atoms with E-state index in [4.69, 9.17) is 19.2 Å². The molecule has 1 amide bonds. The first kappa shape index (κ1) is 32.3. The lowest BCUT2D eigenvalue weighted by Crippen LogP contribution is -2.40. The van der Waals surface area contributed by atoms with Gasteiger partial charge in [-0.25, -0.2) is 8.60 Å². The zero-order valence-electron chi connectivity index (χ0n) is 26.0. The van der Waals surface area contributed by atoms with Crippen LogP contribution in [0.15, 0.2) is 63.8 Å². The number of carbonyl (C=O) groups is 1. The van der Waals surface area contributed by atoms with Gasteiger partial charge in [0.1, 0.15) is 17.2 Å². The number of hydrogen-bond donors (Lipinski definition) is 1. The second-order valence-corrected chi connectivity index (χ2v) is 12.2. The maximum Gasteiger partial charge on any atom is 0.256 e. The van der Waals surface area contributed by atoms with Gasteiger partial charge in [0.25, 0.3) is 5.91 Å². The minimum absolute atomic E-state index is 0.0171. The van der Waals surface area contributed by atoms with Crippen LogP contribution in [0.5, 0.6) is 11.5 Å². The highest BCUT2D eigenvalue weighted by atomic mass is 32.2. The van der Waals surface area contributed by atoms with Crippen molar-refractivity contribution in [3.8, 4) is 22.6 Å². The number of methoxy groups -OCH3 is 3. The lowest BCUT2D eigenvalue weighted by atomic mass is 9.98. The van der Waals surface area contributed by atoms with Crippen molar-refractivity contribution in [2.24, 2.45) is 4.99 Å². The Morgan fingerprint density at radius 2 is 1.79 bits per heavy atom. The van der Waals surface area contributed by atoms with E-state index in [0.717, 1.165) is 44.4 Å². The molecule has 1 unspecified atom stereocenters. The number of amides is 1. The Labute approximate surface area is 256 Å². The van der Waals surface area contributed by atoms with E-state index in [2.05, 4.69) is 18.2 Å². The number of unbranched alkanes of at least 4 members (excludes halogenated alkanes) is 1. The summed E-state index contributed by atoms with van der Waals surface area (Å²) in [5, 5.41) is 0. The molecule has 8 nitrogen and oxygen atoms in total. The van der Waals surface area contributed by atoms with E-state index in [1.807, 2.05) is 6.92 Å². The third-order valence-electron chi connectivity index (χ3n) is 8.36. The van der Waals surface area contributed by atoms with E-state index in [0.29, 0.717) is 56.5 Å². The summed E-state index contributed by atoms with van der Waals surface area (Å²) in [6.07, 6.45) is 6.05. The molecule has 1 heterocycles. The fraction of sp³-hybridized carbons (Fsp3) is 0.455. The van der Waals surface area contributed by atoms with Crippen LogP contribution in [0.3, 0.4) is 0 Å². The predicted octanol–water partition coefficient (Wildman–Crippen LogP) is 6.82. The summed E-state index contributed by atoms with van der Waals surface area (Å²) < 4.78 is 48.6. The molecule has 0 aromatic heterocycles. The van der Waals surface area contributed by atoms with Crippen LogP contribution in [-0.4, -0.2) is 47.7 Å². The van der Waals surface area contributed by atoms with Crippen LogP contribution >= 0.6 is 0 Å². The van der Waals surface area contributed by atoms with E-state index < -0.39 is 22.3 Å². The molecule has 0 bridgehead atoms. The van der Waals surface area contributed by atoms with E-state index in [9.17, 15) is 9.00 Å². The molecule has 1 aliphatic heterocycles. The van der Waals surface area contributed by atoms with Gasteiger partial charge in [-0.3, -0.25) is 14.7 Å². The molecule has 1 spiro atoms. The number of amidine groups is 1. The molecule has 1 fully saturated rings. The highest BCUT2D eigenvalue weighted by molar-refractivity contribution is 7.83. The summed E-state index contributed by atoms with van der Waals surface area (Å²) in [6.45, 7) is 9.82. The minimum Gasteiger partial charge on any atom is -0.501 e. The lowest BCUT2D eigenvalue weighted by molar-refractivity contribution is -0.131. The van der Waals surface area contributed by atoms with Gasteiger partial charge in [-0.15, -0.1) is 0 Å². The second kappa shape index (κ2) is 13.8. The maximum absolute atomic E-state index is 15.8. The Morgan fingerprint density at radius 1 is 1.12 bits per heavy atom. The number of nitrogens with one attached hydrogen (secondary N) is 1. The normalized spacial score (nSPS) is 17.0. The molecule has 2 aromatic carbocycles. The topological polar surface area (TPSA) is 89.5 Å². The van der Waals surface area contributed by atoms with Crippen LogP contribution in [-0.2, 0) is 27.1 Å². The van der Waals surface area contributed by atoms with Crippen molar-refractivity contribution < 1.29 is 27.6 Å². The molecule has 2 aromatic rings. The van der Waals surface area contributed by atoms with E-state index in [1.165, 1.54) is 20.3 Å². The van der Waals surface area contributed by atoms with Gasteiger partial charge in [-0.1, -0.05) is 44.9 Å². The van der Waals surface area contributed by atoms with E-state index in [1.54, 1.807) is 43.2 Å². The lowest BCUT2D eigenvalue weighted by Gasteiger charge is -2.23. The molecule has 1 N–H and O–H groups in total. The van der Waals surface area contributed by atoms with Gasteiger partial charge in [0.05, 0.1) is 38.5 Å². The van der Waals surface area contributed by atoms with Crippen molar-refractivity contribution in [2.45, 2.75) is 82.7 Å². The Kier molecular flexibility index (Phi) is 10.3. The molecule has 232 valence electrons. The molecule has 10 heteroatoms. The molecule has 1 atom stereocenters. The van der Waals surface area contributed by atoms with Crippen LogP contribution in [0.2, 0.25) is 0 Å². The Hall–Kier alpha value is -3.66. The number of rotatable bonds is 13. The van der Waals surface area contributed by atoms with E-state index in [-0.39, 0.29) is 12.5 Å². The predicted molar refractivity (Wildman–Crippen MR) is 168 cm³/mol.